The number of nitrogens with one attached hydrogen (secondary N) is 1. The number of nitrogens with zero attached hydrogens (tertiary/aromatic N) is 2. The number of hydrogen-bond acceptors (Lipinski definition) is 8. The maximum atomic E-state index is 13.9. The summed E-state index contributed by atoms with van der Waals surface area (Å²) in [4.78, 5) is 18.2. The Kier molecular flexibility index (Phi) is 9.80. The molecule has 274 valence electrons. The van der Waals surface area contributed by atoms with E-state index in [0.29, 0.717) is 57.1 Å². The quantitative estimate of drug-likeness (QED) is 0.419. The first-order valence-electron chi connectivity index (χ1n) is 18.3. The Morgan fingerprint density at radius 3 is 2.56 bits per heavy atom. The van der Waals surface area contributed by atoms with Crippen molar-refractivity contribution in [2.45, 2.75) is 81.5 Å². The van der Waals surface area contributed by atoms with Crippen molar-refractivity contribution in [2.24, 2.45) is 17.8 Å². The third kappa shape index (κ3) is 7.06. The number of ether oxygens (including phenoxy) is 1. The molecule has 1 amide bonds. The molecule has 2 fully saturated rings. The third-order valence-electron chi connectivity index (χ3n) is 12.7. The minimum atomic E-state index is -3.05. The van der Waals surface area contributed by atoms with E-state index in [1.54, 1.807) is 6.07 Å². The third-order valence-corrected chi connectivity index (χ3v) is 16.8. The van der Waals surface area contributed by atoms with Crippen molar-refractivity contribution in [3.05, 3.63) is 58.1 Å². The van der Waals surface area contributed by atoms with Gasteiger partial charge < -0.3 is 14.7 Å². The van der Waals surface area contributed by atoms with E-state index < -0.39 is 31.1 Å². The van der Waals surface area contributed by atoms with Crippen molar-refractivity contribution in [3.8, 4) is 5.75 Å². The lowest BCUT2D eigenvalue weighted by Crippen LogP contribution is -2.58. The second-order valence-corrected chi connectivity index (χ2v) is 21.1. The monoisotopic (exact) mass is 745 g/mol. The molecule has 5 aliphatic rings. The van der Waals surface area contributed by atoms with Crippen molar-refractivity contribution in [3.63, 3.8) is 0 Å². The number of rotatable bonds is 2. The van der Waals surface area contributed by atoms with Crippen LogP contribution in [0, 0.1) is 17.8 Å². The lowest BCUT2D eigenvalue weighted by atomic mass is 9.62. The van der Waals surface area contributed by atoms with Gasteiger partial charge in [-0.3, -0.25) is 14.4 Å². The topological polar surface area (TPSA) is 116 Å². The summed E-state index contributed by atoms with van der Waals surface area (Å²) in [5.74, 6) is 4.78. The van der Waals surface area contributed by atoms with Crippen LogP contribution < -0.4 is 14.4 Å². The lowest BCUT2D eigenvalue weighted by Gasteiger charge is -2.51. The number of carbonyl (C=O) groups excluding carboxylic acids is 1. The molecule has 2 aromatic rings. The molecule has 2 aliphatic carbocycles. The van der Waals surface area contributed by atoms with Crippen molar-refractivity contribution >= 4 is 48.6 Å². The highest BCUT2D eigenvalue weighted by Gasteiger charge is 2.49. The fourth-order valence-electron chi connectivity index (χ4n) is 9.36. The van der Waals surface area contributed by atoms with E-state index in [-0.39, 0.29) is 39.9 Å². The Bertz CT molecular complexity index is 1840. The van der Waals surface area contributed by atoms with E-state index in [9.17, 15) is 22.5 Å². The largest absolute Gasteiger partial charge is 0.490 e. The zero-order chi connectivity index (χ0) is 35.5. The molecule has 9 nitrogen and oxygen atoms in total. The average Bonchev–Trinajstić information content (AvgIpc) is 3.19. The molecule has 7 atom stereocenters. The van der Waals surface area contributed by atoms with Crippen LogP contribution in [0.5, 0.6) is 5.75 Å². The maximum absolute atomic E-state index is 13.9. The Hall–Kier alpha value is -2.31. The Labute approximate surface area is 303 Å². The van der Waals surface area contributed by atoms with E-state index in [1.807, 2.05) is 32.0 Å². The van der Waals surface area contributed by atoms with Gasteiger partial charge in [0.15, 0.2) is 9.84 Å². The van der Waals surface area contributed by atoms with Crippen LogP contribution in [0.2, 0.25) is 5.02 Å². The van der Waals surface area contributed by atoms with Gasteiger partial charge in [-0.25, -0.2) is 12.6 Å². The summed E-state index contributed by atoms with van der Waals surface area (Å²) in [6.07, 6.45) is 6.83. The molecule has 2 aromatic carbocycles. The van der Waals surface area contributed by atoms with Crippen molar-refractivity contribution < 1.29 is 27.3 Å². The molecule has 0 aromatic heterocycles. The van der Waals surface area contributed by atoms with E-state index in [4.69, 9.17) is 16.3 Å². The molecule has 2 N–H and O–H groups in total. The van der Waals surface area contributed by atoms with Gasteiger partial charge in [-0.2, -0.15) is 0 Å². The highest BCUT2D eigenvalue weighted by atomic mass is 35.5. The Morgan fingerprint density at radius 2 is 1.82 bits per heavy atom. The predicted molar refractivity (Wildman–Crippen MR) is 202 cm³/mol. The van der Waals surface area contributed by atoms with Gasteiger partial charge in [0.1, 0.15) is 5.75 Å². The number of halogens is 1. The smallest absolute Gasteiger partial charge is 0.262 e. The molecule has 2 bridgehead atoms. The van der Waals surface area contributed by atoms with Crippen LogP contribution in [0.25, 0.3) is 0 Å². The minimum absolute atomic E-state index is 0.00449. The number of benzene rings is 2. The zero-order valence-electron chi connectivity index (χ0n) is 29.4. The number of aliphatic hydroxyl groups is 1. The number of fused-ring (bicyclic) bond motifs is 4. The van der Waals surface area contributed by atoms with E-state index in [2.05, 4.69) is 32.5 Å². The fraction of sp³-hybridized carbons (Fsp3) is 0.632. The molecule has 1 saturated heterocycles. The summed E-state index contributed by atoms with van der Waals surface area (Å²) in [5.41, 5.74) is 2.46. The van der Waals surface area contributed by atoms with E-state index in [1.165, 1.54) is 11.1 Å². The molecule has 1 spiro atoms. The SMILES string of the molecule is C=S1(=O)NC(=O)c2ccc3c(c2)N(C[C@@H]2CC[C@H]2[C@@](O)(CN2CCS(=O)(=O)CC2)CCC[C@H](C)[C@H]1C)C[C@@]1(CCCc2cc(Cl)ccc21)CO3. The molecule has 1 unspecified atom stereocenters. The van der Waals surface area contributed by atoms with Gasteiger partial charge in [-0.1, -0.05) is 31.0 Å². The summed E-state index contributed by atoms with van der Waals surface area (Å²) in [6, 6.07) is 11.7. The number of carbonyl (C=O) groups is 1. The normalized spacial score (nSPS) is 36.2. The molecule has 3 aliphatic heterocycles. The van der Waals surface area contributed by atoms with Gasteiger partial charge in [0.05, 0.1) is 39.1 Å². The second-order valence-electron chi connectivity index (χ2n) is 16.0. The van der Waals surface area contributed by atoms with Crippen LogP contribution in [0.3, 0.4) is 0 Å². The van der Waals surface area contributed by atoms with E-state index in [0.717, 1.165) is 55.7 Å². The van der Waals surface area contributed by atoms with Crippen LogP contribution in [0.1, 0.15) is 80.3 Å². The van der Waals surface area contributed by atoms with Crippen molar-refractivity contribution in [1.82, 2.24) is 9.62 Å². The zero-order valence-corrected chi connectivity index (χ0v) is 31.8. The molecular formula is C38H52ClN3O6S2. The fourth-order valence-corrected chi connectivity index (χ4v) is 12.3. The Morgan fingerprint density at radius 1 is 1.04 bits per heavy atom. The minimum Gasteiger partial charge on any atom is -0.490 e. The van der Waals surface area contributed by atoms with Gasteiger partial charge in [-0.15, -0.1) is 0 Å². The van der Waals surface area contributed by atoms with Gasteiger partial charge >= 0.3 is 0 Å². The van der Waals surface area contributed by atoms with E-state index >= 15 is 0 Å². The summed E-state index contributed by atoms with van der Waals surface area (Å²) < 4.78 is 47.9. The van der Waals surface area contributed by atoms with Gasteiger partial charge in [0.2, 0.25) is 0 Å². The number of β-amino-alcohol motifs (C(OH)–C–C–N with tert-alkyl or cyclic N) is 1. The number of anilines is 1. The van der Waals surface area contributed by atoms with Crippen molar-refractivity contribution in [1.29, 1.82) is 0 Å². The predicted octanol–water partition coefficient (Wildman–Crippen LogP) is 4.87. The molecule has 1 saturated carbocycles. The maximum Gasteiger partial charge on any atom is 0.262 e. The highest BCUT2D eigenvalue weighted by Crippen LogP contribution is 2.49. The molecular weight excluding hydrogens is 694 g/mol. The Balaban J connectivity index is 1.28. The van der Waals surface area contributed by atoms with Crippen LogP contribution in [-0.2, 0) is 31.4 Å². The number of aryl methyl sites for hydroxylation is 1. The standard InChI is InChI=1S/C38H52ClN3O6S2/c1-26-6-4-15-38(44,24-41-16-18-50(46,47)19-17-41)33-11-8-30(33)22-42-23-37(14-5-7-28-20-31(39)10-12-32(28)37)25-48-35-13-9-29(21-34(35)42)36(43)40-49(3,45)27(26)2/h9-10,12-13,20-21,26-27,30,33,44H,3-8,11,14-19,22-25H2,1-2H3,(H,40,43,45)/t26-,27+,30-,33+,37-,38-,49?/m0/s1. The molecule has 12 heteroatoms. The second kappa shape index (κ2) is 13.6. The van der Waals surface area contributed by atoms with Crippen LogP contribution in [0.15, 0.2) is 36.4 Å². The first kappa shape index (κ1) is 36.1. The lowest BCUT2D eigenvalue weighted by molar-refractivity contribution is -0.105. The molecule has 50 heavy (non-hydrogen) atoms. The van der Waals surface area contributed by atoms with Crippen LogP contribution in [0.4, 0.5) is 5.69 Å². The molecule has 3 heterocycles. The van der Waals surface area contributed by atoms with Gasteiger partial charge in [0, 0.05) is 54.0 Å². The summed E-state index contributed by atoms with van der Waals surface area (Å²) in [7, 11) is -6.04. The van der Waals surface area contributed by atoms with Gasteiger partial charge in [0.25, 0.3) is 5.91 Å². The van der Waals surface area contributed by atoms with Crippen molar-refractivity contribution in [2.75, 3.05) is 55.7 Å². The number of sulfone groups is 1. The van der Waals surface area contributed by atoms with Crippen LogP contribution >= 0.6 is 11.6 Å². The summed E-state index contributed by atoms with van der Waals surface area (Å²) in [5, 5.41) is 13.0. The first-order valence-corrected chi connectivity index (χ1v) is 22.3. The summed E-state index contributed by atoms with van der Waals surface area (Å²) in [6.45, 7) is 7.10. The number of amides is 1. The summed E-state index contributed by atoms with van der Waals surface area (Å²) >= 11 is 6.46. The first-order chi connectivity index (χ1) is 23.7. The number of hydrogen-bond donors (Lipinski definition) is 2. The molecule has 0 radical (unpaired) electrons. The highest BCUT2D eigenvalue weighted by molar-refractivity contribution is 7.99. The van der Waals surface area contributed by atoms with Crippen LogP contribution in [-0.4, -0.2) is 96.1 Å². The molecule has 7 rings (SSSR count). The van der Waals surface area contributed by atoms with Gasteiger partial charge in [-0.05, 0) is 117 Å². The average molecular weight is 746 g/mol.